The molecule has 3 aromatic rings. The molecule has 1 saturated heterocycles. The quantitative estimate of drug-likeness (QED) is 0.354. The van der Waals surface area contributed by atoms with Crippen LogP contribution in [0.1, 0.15) is 30.6 Å². The maximum absolute atomic E-state index is 15.4. The smallest absolute Gasteiger partial charge is 0.258 e. The van der Waals surface area contributed by atoms with Crippen LogP contribution in [0.2, 0.25) is 0 Å². The average Bonchev–Trinajstić information content (AvgIpc) is 2.80. The Morgan fingerprint density at radius 2 is 1.76 bits per heavy atom. The Balaban J connectivity index is 0.00000253. The lowest BCUT2D eigenvalue weighted by Gasteiger charge is -2.37. The highest BCUT2D eigenvalue weighted by Gasteiger charge is 2.27. The molecule has 0 unspecified atom stereocenters. The second kappa shape index (κ2) is 13.1. The highest BCUT2D eigenvalue weighted by atomic mass is 35.5. The van der Waals surface area contributed by atoms with Gasteiger partial charge in [-0.2, -0.15) is 0 Å². The molecule has 206 valence electrons. The summed E-state index contributed by atoms with van der Waals surface area (Å²) < 4.78 is 64.5. The van der Waals surface area contributed by atoms with Gasteiger partial charge in [0.15, 0.2) is 0 Å². The number of pyridine rings is 1. The number of ether oxygens (including phenoxy) is 1. The first-order chi connectivity index (χ1) is 17.2. The summed E-state index contributed by atoms with van der Waals surface area (Å²) in [7, 11) is 0. The fourth-order valence-electron chi connectivity index (χ4n) is 4.54. The molecule has 38 heavy (non-hydrogen) atoms. The van der Waals surface area contributed by atoms with E-state index in [-0.39, 0.29) is 43.2 Å². The van der Waals surface area contributed by atoms with Crippen LogP contribution in [-0.4, -0.2) is 36.6 Å². The van der Waals surface area contributed by atoms with Gasteiger partial charge in [-0.05, 0) is 37.5 Å². The van der Waals surface area contributed by atoms with E-state index in [1.807, 2.05) is 4.90 Å². The lowest BCUT2D eigenvalue weighted by atomic mass is 9.96. The summed E-state index contributed by atoms with van der Waals surface area (Å²) in [6.45, 7) is 5.10. The van der Waals surface area contributed by atoms with Crippen LogP contribution in [-0.2, 0) is 0 Å². The van der Waals surface area contributed by atoms with Crippen LogP contribution < -0.4 is 20.7 Å². The summed E-state index contributed by atoms with van der Waals surface area (Å²) >= 11 is 0. The van der Waals surface area contributed by atoms with Crippen molar-refractivity contribution in [2.45, 2.75) is 26.3 Å². The van der Waals surface area contributed by atoms with Crippen LogP contribution in [0.3, 0.4) is 0 Å². The van der Waals surface area contributed by atoms with Crippen molar-refractivity contribution in [3.8, 4) is 16.9 Å². The lowest BCUT2D eigenvalue weighted by molar-refractivity contribution is 0.102. The number of benzene rings is 2. The second-order valence-corrected chi connectivity index (χ2v) is 8.83. The van der Waals surface area contributed by atoms with E-state index in [9.17, 15) is 18.0 Å². The molecule has 2 atom stereocenters. The Labute approximate surface area is 230 Å². The van der Waals surface area contributed by atoms with E-state index in [4.69, 9.17) is 10.5 Å². The third-order valence-corrected chi connectivity index (χ3v) is 5.99. The van der Waals surface area contributed by atoms with Gasteiger partial charge in [0.05, 0.1) is 40.9 Å². The van der Waals surface area contributed by atoms with E-state index in [2.05, 4.69) is 17.2 Å². The van der Waals surface area contributed by atoms with Crippen LogP contribution in [0.15, 0.2) is 42.7 Å². The normalized spacial score (nSPS) is 16.8. The number of carbonyl (C=O) groups excluding carboxylic acids is 1. The molecule has 1 aliphatic rings. The number of nitrogens with two attached hydrogens (primary N) is 1. The summed E-state index contributed by atoms with van der Waals surface area (Å²) in [6, 6.07) is 5.03. The van der Waals surface area contributed by atoms with Gasteiger partial charge in [-0.25, -0.2) is 17.6 Å². The topological polar surface area (TPSA) is 80.5 Å². The largest absolute Gasteiger partial charge is 0.494 e. The Bertz CT molecular complexity index is 1270. The van der Waals surface area contributed by atoms with Crippen molar-refractivity contribution >= 4 is 42.1 Å². The van der Waals surface area contributed by atoms with Gasteiger partial charge >= 0.3 is 0 Å². The average molecular weight is 575 g/mol. The highest BCUT2D eigenvalue weighted by molar-refractivity contribution is 6.06. The predicted octanol–water partition coefficient (Wildman–Crippen LogP) is 5.97. The van der Waals surface area contributed by atoms with Crippen molar-refractivity contribution in [3.05, 3.63) is 71.6 Å². The molecule has 0 saturated carbocycles. The Morgan fingerprint density at radius 3 is 2.39 bits per heavy atom. The monoisotopic (exact) mass is 574 g/mol. The fourth-order valence-corrected chi connectivity index (χ4v) is 4.54. The number of halogens is 6. The molecule has 3 N–H and O–H groups in total. The van der Waals surface area contributed by atoms with E-state index in [1.54, 1.807) is 19.2 Å². The Hall–Kier alpha value is -3.08. The zero-order chi connectivity index (χ0) is 26.0. The van der Waals surface area contributed by atoms with E-state index in [1.165, 1.54) is 6.20 Å². The van der Waals surface area contributed by atoms with E-state index < -0.39 is 45.9 Å². The first kappa shape index (κ1) is 31.1. The summed E-state index contributed by atoms with van der Waals surface area (Å²) in [4.78, 5) is 19.1. The van der Waals surface area contributed by atoms with Gasteiger partial charge < -0.3 is 20.7 Å². The van der Waals surface area contributed by atoms with Gasteiger partial charge in [0.2, 0.25) is 0 Å². The molecule has 1 fully saturated rings. The number of piperidine rings is 1. The summed E-state index contributed by atoms with van der Waals surface area (Å²) in [5.41, 5.74) is 4.60. The Morgan fingerprint density at radius 1 is 1.08 bits per heavy atom. The van der Waals surface area contributed by atoms with Gasteiger partial charge in [0, 0.05) is 37.5 Å². The molecule has 0 spiro atoms. The lowest BCUT2D eigenvalue weighted by Crippen LogP contribution is -2.46. The number of anilines is 2. The van der Waals surface area contributed by atoms with E-state index in [0.29, 0.717) is 30.4 Å². The van der Waals surface area contributed by atoms with Crippen LogP contribution in [0.25, 0.3) is 11.1 Å². The number of hydrogen-bond acceptors (Lipinski definition) is 5. The number of nitrogens with zero attached hydrogens (tertiary/aromatic N) is 2. The molecular weight excluding hydrogens is 547 g/mol. The number of aromatic nitrogens is 1. The van der Waals surface area contributed by atoms with Crippen LogP contribution in [0, 0.1) is 29.2 Å². The van der Waals surface area contributed by atoms with Gasteiger partial charge in [0.1, 0.15) is 29.0 Å². The van der Waals surface area contributed by atoms with Crippen molar-refractivity contribution in [1.82, 2.24) is 4.98 Å². The molecule has 0 radical (unpaired) electrons. The summed E-state index contributed by atoms with van der Waals surface area (Å²) in [5, 5.41) is 2.59. The molecule has 2 aromatic carbocycles. The summed E-state index contributed by atoms with van der Waals surface area (Å²) in [5.74, 6) is -5.79. The van der Waals surface area contributed by atoms with Crippen molar-refractivity contribution < 1.29 is 27.1 Å². The molecule has 0 bridgehead atoms. The van der Waals surface area contributed by atoms with Crippen molar-refractivity contribution in [2.75, 3.05) is 29.9 Å². The maximum Gasteiger partial charge on any atom is 0.258 e. The minimum absolute atomic E-state index is 0. The third kappa shape index (κ3) is 6.48. The molecule has 0 aliphatic carbocycles. The zero-order valence-electron chi connectivity index (χ0n) is 20.6. The minimum atomic E-state index is -1.39. The first-order valence-electron chi connectivity index (χ1n) is 11.6. The number of hydrogen-bond donors (Lipinski definition) is 2. The summed E-state index contributed by atoms with van der Waals surface area (Å²) in [6.07, 6.45) is 3.83. The number of amides is 1. The molecule has 12 heteroatoms. The SMILES string of the molecule is CCOc1cc(F)c(-c2c(F)ccc(C(=O)Nc3cnccc3N3C[C@H](C)C[C@H](N)C3)c2F)c(F)c1.Cl.Cl. The predicted molar refractivity (Wildman–Crippen MR) is 144 cm³/mol. The fraction of sp³-hybridized carbons (Fsp3) is 0.308. The van der Waals surface area contributed by atoms with Crippen molar-refractivity contribution in [1.29, 1.82) is 0 Å². The van der Waals surface area contributed by atoms with E-state index in [0.717, 1.165) is 30.7 Å². The van der Waals surface area contributed by atoms with Crippen molar-refractivity contribution in [2.24, 2.45) is 11.7 Å². The van der Waals surface area contributed by atoms with Gasteiger partial charge in [-0.15, -0.1) is 24.8 Å². The first-order valence-corrected chi connectivity index (χ1v) is 11.6. The molecule has 2 heterocycles. The van der Waals surface area contributed by atoms with Gasteiger partial charge in [-0.3, -0.25) is 9.78 Å². The van der Waals surface area contributed by atoms with Gasteiger partial charge in [0.25, 0.3) is 5.91 Å². The van der Waals surface area contributed by atoms with Crippen molar-refractivity contribution in [3.63, 3.8) is 0 Å². The molecule has 1 aromatic heterocycles. The zero-order valence-corrected chi connectivity index (χ0v) is 22.3. The number of nitrogens with one attached hydrogen (secondary N) is 1. The molecule has 1 aliphatic heterocycles. The van der Waals surface area contributed by atoms with Crippen LogP contribution in [0.4, 0.5) is 28.9 Å². The Kier molecular flexibility index (Phi) is 10.8. The van der Waals surface area contributed by atoms with E-state index >= 15 is 4.39 Å². The minimum Gasteiger partial charge on any atom is -0.494 e. The van der Waals surface area contributed by atoms with Crippen LogP contribution in [0.5, 0.6) is 5.75 Å². The third-order valence-electron chi connectivity index (χ3n) is 5.99. The molecule has 6 nitrogen and oxygen atoms in total. The van der Waals surface area contributed by atoms with Crippen LogP contribution >= 0.6 is 24.8 Å². The standard InChI is InChI=1S/C26H26F4N4O2.2ClH/c1-3-36-16-9-19(28)23(20(29)10-16)24-18(27)5-4-17(25(24)30)26(35)33-21-11-32-7-6-22(21)34-12-14(2)8-15(31)13-34;;/h4-7,9-11,14-15H,3,8,12-13,31H2,1-2H3,(H,33,35);2*1H/t14-,15+;;/m1../s1. The number of rotatable bonds is 6. The maximum atomic E-state index is 15.4. The van der Waals surface area contributed by atoms with Gasteiger partial charge in [-0.1, -0.05) is 6.92 Å². The molecule has 1 amide bonds. The second-order valence-electron chi connectivity index (χ2n) is 8.83. The highest BCUT2D eigenvalue weighted by Crippen LogP contribution is 2.35. The molecular formula is C26H28Cl2F4N4O2. The number of carbonyl (C=O) groups is 1. The molecule has 4 rings (SSSR count).